The van der Waals surface area contributed by atoms with Crippen LogP contribution in [0.1, 0.15) is 18.9 Å². The van der Waals surface area contributed by atoms with E-state index in [1.807, 2.05) is 29.2 Å². The third kappa shape index (κ3) is 2.64. The lowest BCUT2D eigenvalue weighted by molar-refractivity contribution is -0.138. The zero-order valence-corrected chi connectivity index (χ0v) is 12.5. The number of nitrogens with zero attached hydrogens (tertiary/aromatic N) is 1. The summed E-state index contributed by atoms with van der Waals surface area (Å²) < 4.78 is 5.72. The highest BCUT2D eigenvalue weighted by atomic mass is 35.5. The molecule has 1 aromatic rings. The maximum Gasteiger partial charge on any atom is 0.229 e. The van der Waals surface area contributed by atoms with E-state index in [0.29, 0.717) is 19.1 Å². The lowest BCUT2D eigenvalue weighted by atomic mass is 9.93. The fraction of sp³-hybridized carbons (Fsp3) is 0.562. The molecule has 3 rings (SSSR count). The Morgan fingerprint density at radius 3 is 3.00 bits per heavy atom. The minimum Gasteiger partial charge on any atom is -0.492 e. The fourth-order valence-electron chi connectivity index (χ4n) is 2.97. The van der Waals surface area contributed by atoms with Crippen molar-refractivity contribution >= 4 is 17.5 Å². The molecule has 0 N–H and O–H groups in total. The molecule has 3 unspecified atom stereocenters. The van der Waals surface area contributed by atoms with Crippen LogP contribution in [-0.4, -0.2) is 35.9 Å². The topological polar surface area (TPSA) is 29.5 Å². The van der Waals surface area contributed by atoms with Gasteiger partial charge in [-0.2, -0.15) is 0 Å². The molecule has 2 aliphatic heterocycles. The summed E-state index contributed by atoms with van der Waals surface area (Å²) in [7, 11) is 0. The first-order valence-corrected chi connectivity index (χ1v) is 7.72. The summed E-state index contributed by atoms with van der Waals surface area (Å²) in [6.45, 7) is 4.12. The van der Waals surface area contributed by atoms with Gasteiger partial charge in [0.2, 0.25) is 5.91 Å². The number of para-hydroxylation sites is 1. The van der Waals surface area contributed by atoms with Gasteiger partial charge in [0, 0.05) is 13.1 Å². The van der Waals surface area contributed by atoms with Crippen molar-refractivity contribution in [3.63, 3.8) is 0 Å². The molecule has 0 bridgehead atoms. The van der Waals surface area contributed by atoms with Crippen LogP contribution in [0, 0.1) is 11.8 Å². The number of piperidine rings is 1. The molecule has 4 heteroatoms. The van der Waals surface area contributed by atoms with E-state index in [-0.39, 0.29) is 17.2 Å². The lowest BCUT2D eigenvalue weighted by Gasteiger charge is -2.37. The molecule has 2 heterocycles. The number of carbonyl (C=O) groups excluding carboxylic acids is 1. The maximum atomic E-state index is 12.6. The van der Waals surface area contributed by atoms with E-state index < -0.39 is 0 Å². The van der Waals surface area contributed by atoms with Gasteiger partial charge in [-0.1, -0.05) is 25.1 Å². The van der Waals surface area contributed by atoms with Gasteiger partial charge < -0.3 is 9.64 Å². The lowest BCUT2D eigenvalue weighted by Crippen LogP contribution is -2.48. The molecule has 3 nitrogen and oxygen atoms in total. The van der Waals surface area contributed by atoms with Gasteiger partial charge in [-0.05, 0) is 30.4 Å². The third-order valence-corrected chi connectivity index (χ3v) is 4.97. The Morgan fingerprint density at radius 1 is 1.40 bits per heavy atom. The largest absolute Gasteiger partial charge is 0.492 e. The predicted octanol–water partition coefficient (Wildman–Crippen LogP) is 2.71. The van der Waals surface area contributed by atoms with E-state index in [9.17, 15) is 4.79 Å². The van der Waals surface area contributed by atoms with Crippen LogP contribution in [0.5, 0.6) is 5.75 Å². The molecule has 2 aliphatic rings. The molecule has 1 fully saturated rings. The van der Waals surface area contributed by atoms with Crippen molar-refractivity contribution in [2.24, 2.45) is 11.8 Å². The second-order valence-electron chi connectivity index (χ2n) is 5.89. The van der Waals surface area contributed by atoms with E-state index in [0.717, 1.165) is 30.7 Å². The summed E-state index contributed by atoms with van der Waals surface area (Å²) >= 11 is 6.30. The van der Waals surface area contributed by atoms with Crippen LogP contribution >= 0.6 is 11.6 Å². The molecule has 108 valence electrons. The number of carbonyl (C=O) groups is 1. The summed E-state index contributed by atoms with van der Waals surface area (Å²) in [5.41, 5.74) is 1.13. The highest BCUT2D eigenvalue weighted by molar-refractivity contribution is 6.21. The van der Waals surface area contributed by atoms with Crippen LogP contribution in [0.3, 0.4) is 0 Å². The Balaban J connectivity index is 1.67. The van der Waals surface area contributed by atoms with E-state index >= 15 is 0 Å². The van der Waals surface area contributed by atoms with Crippen molar-refractivity contribution in [3.8, 4) is 5.75 Å². The number of halogens is 1. The number of rotatable bonds is 1. The summed E-state index contributed by atoms with van der Waals surface area (Å²) in [6.07, 6.45) is 1.76. The van der Waals surface area contributed by atoms with Crippen molar-refractivity contribution in [1.82, 2.24) is 4.90 Å². The first kappa shape index (κ1) is 13.7. The van der Waals surface area contributed by atoms with Gasteiger partial charge in [0.15, 0.2) is 0 Å². The minimum atomic E-state index is -0.0674. The molecule has 0 spiro atoms. The normalized spacial score (nSPS) is 29.5. The van der Waals surface area contributed by atoms with E-state index in [1.165, 1.54) is 0 Å². The standard InChI is InChI=1S/C16H20ClNO2/c1-11-6-7-18(9-14(11)17)16(19)13-8-12-4-2-3-5-15(12)20-10-13/h2-5,11,13-14H,6-10H2,1H3. The fourth-order valence-corrected chi connectivity index (χ4v) is 3.26. The number of hydrogen-bond donors (Lipinski definition) is 0. The zero-order valence-electron chi connectivity index (χ0n) is 11.7. The van der Waals surface area contributed by atoms with Gasteiger partial charge in [0.25, 0.3) is 0 Å². The summed E-state index contributed by atoms with van der Waals surface area (Å²) in [4.78, 5) is 14.5. The monoisotopic (exact) mass is 293 g/mol. The molecule has 0 aromatic heterocycles. The quantitative estimate of drug-likeness (QED) is 0.745. The zero-order chi connectivity index (χ0) is 14.1. The second kappa shape index (κ2) is 5.65. The summed E-state index contributed by atoms with van der Waals surface area (Å²) in [6, 6.07) is 7.96. The molecular formula is C16H20ClNO2. The van der Waals surface area contributed by atoms with Crippen molar-refractivity contribution in [3.05, 3.63) is 29.8 Å². The number of likely N-dealkylation sites (tertiary alicyclic amines) is 1. The third-order valence-electron chi connectivity index (χ3n) is 4.41. The predicted molar refractivity (Wildman–Crippen MR) is 79.1 cm³/mol. The Labute approximate surface area is 124 Å². The first-order chi connectivity index (χ1) is 9.65. The number of alkyl halides is 1. The highest BCUT2D eigenvalue weighted by Gasteiger charge is 2.33. The Morgan fingerprint density at radius 2 is 2.20 bits per heavy atom. The van der Waals surface area contributed by atoms with Crippen LogP contribution in [0.25, 0.3) is 0 Å². The van der Waals surface area contributed by atoms with E-state index in [4.69, 9.17) is 16.3 Å². The van der Waals surface area contributed by atoms with Crippen LogP contribution < -0.4 is 4.74 Å². The molecule has 3 atom stereocenters. The first-order valence-electron chi connectivity index (χ1n) is 7.28. The van der Waals surface area contributed by atoms with Gasteiger partial charge in [-0.3, -0.25) is 4.79 Å². The van der Waals surface area contributed by atoms with Gasteiger partial charge >= 0.3 is 0 Å². The highest BCUT2D eigenvalue weighted by Crippen LogP contribution is 2.29. The maximum absolute atomic E-state index is 12.6. The van der Waals surface area contributed by atoms with Gasteiger partial charge in [-0.15, -0.1) is 11.6 Å². The summed E-state index contributed by atoms with van der Waals surface area (Å²) in [5.74, 6) is 1.53. The smallest absolute Gasteiger partial charge is 0.229 e. The van der Waals surface area contributed by atoms with Crippen LogP contribution in [-0.2, 0) is 11.2 Å². The molecule has 1 saturated heterocycles. The molecule has 0 aliphatic carbocycles. The number of fused-ring (bicyclic) bond motifs is 1. The molecule has 0 saturated carbocycles. The Hall–Kier alpha value is -1.22. The van der Waals surface area contributed by atoms with E-state index in [1.54, 1.807) is 0 Å². The average molecular weight is 294 g/mol. The number of ether oxygens (including phenoxy) is 1. The molecule has 0 radical (unpaired) electrons. The van der Waals surface area contributed by atoms with Crippen LogP contribution in [0.2, 0.25) is 0 Å². The Bertz CT molecular complexity index is 505. The van der Waals surface area contributed by atoms with Crippen molar-refractivity contribution in [2.45, 2.75) is 25.1 Å². The van der Waals surface area contributed by atoms with Crippen LogP contribution in [0.4, 0.5) is 0 Å². The van der Waals surface area contributed by atoms with Crippen molar-refractivity contribution in [2.75, 3.05) is 19.7 Å². The molecule has 1 amide bonds. The molecular weight excluding hydrogens is 274 g/mol. The number of benzene rings is 1. The van der Waals surface area contributed by atoms with E-state index in [2.05, 4.69) is 6.92 Å². The van der Waals surface area contributed by atoms with Gasteiger partial charge in [-0.25, -0.2) is 0 Å². The SMILES string of the molecule is CC1CCN(C(=O)C2COc3ccccc3C2)CC1Cl. The Kier molecular flexibility index (Phi) is 3.88. The van der Waals surface area contributed by atoms with Crippen molar-refractivity contribution in [1.29, 1.82) is 0 Å². The molecule has 1 aromatic carbocycles. The van der Waals surface area contributed by atoms with Gasteiger partial charge in [0.05, 0.1) is 11.3 Å². The van der Waals surface area contributed by atoms with Gasteiger partial charge in [0.1, 0.15) is 12.4 Å². The summed E-state index contributed by atoms with van der Waals surface area (Å²) in [5, 5.41) is 0.0736. The van der Waals surface area contributed by atoms with Crippen molar-refractivity contribution < 1.29 is 9.53 Å². The number of amides is 1. The second-order valence-corrected chi connectivity index (χ2v) is 6.45. The molecule has 20 heavy (non-hydrogen) atoms. The van der Waals surface area contributed by atoms with Crippen LogP contribution in [0.15, 0.2) is 24.3 Å². The minimum absolute atomic E-state index is 0.0674. The average Bonchev–Trinajstić information content (AvgIpc) is 2.49. The number of hydrogen-bond acceptors (Lipinski definition) is 2.